The molecule has 7 nitrogen and oxygen atoms in total. The van der Waals surface area contributed by atoms with Gasteiger partial charge in [-0.05, 0) is 26.8 Å². The number of ether oxygens (including phenoxy) is 1. The molecule has 0 saturated heterocycles. The molecule has 1 unspecified atom stereocenters. The Morgan fingerprint density at radius 1 is 1.06 bits per heavy atom. The number of carbonyl (C=O) groups excluding carboxylic acids is 3. The molecule has 0 aliphatic carbocycles. The minimum atomic E-state index is -2.43. The second-order valence-corrected chi connectivity index (χ2v) is 8.13. The number of esters is 1. The molecule has 0 bridgehead atoms. The molecule has 1 aliphatic rings. The van der Waals surface area contributed by atoms with Gasteiger partial charge in [0.05, 0.1) is 0 Å². The number of nitrogens with one attached hydrogen (secondary N) is 1. The fourth-order valence-corrected chi connectivity index (χ4v) is 3.25. The number of aliphatic hydroxyl groups excluding tert-OH is 1. The van der Waals surface area contributed by atoms with Crippen molar-refractivity contribution in [2.24, 2.45) is 5.41 Å². The molecule has 0 saturated carbocycles. The Kier molecular flexibility index (Phi) is 6.65. The molecule has 0 aromatic heterocycles. The lowest BCUT2D eigenvalue weighted by molar-refractivity contribution is -0.151. The van der Waals surface area contributed by atoms with Gasteiger partial charge >= 0.3 is 5.97 Å². The maximum Gasteiger partial charge on any atom is 0.326 e. The van der Waals surface area contributed by atoms with Gasteiger partial charge in [0.15, 0.2) is 6.23 Å². The number of fused-ring (bicyclic) bond motifs is 1. The molecule has 182 valence electrons. The largest absolute Gasteiger partial charge is 0.419 e. The van der Waals surface area contributed by atoms with E-state index in [2.05, 4.69) is 10.1 Å². The van der Waals surface area contributed by atoms with Gasteiger partial charge in [-0.3, -0.25) is 14.4 Å². The number of halogens is 5. The second kappa shape index (κ2) is 9.01. The smallest absolute Gasteiger partial charge is 0.326 e. The molecule has 12 heteroatoms. The molecule has 1 heterocycles. The lowest BCUT2D eigenvalue weighted by Crippen LogP contribution is -2.47. The van der Waals surface area contributed by atoms with Crippen LogP contribution in [0.4, 0.5) is 22.0 Å². The first-order valence-electron chi connectivity index (χ1n) is 9.90. The van der Waals surface area contributed by atoms with Crippen molar-refractivity contribution in [1.82, 2.24) is 10.2 Å². The highest BCUT2D eigenvalue weighted by atomic mass is 19.2. The summed E-state index contributed by atoms with van der Waals surface area (Å²) in [5.41, 5.74) is -0.581. The van der Waals surface area contributed by atoms with Crippen molar-refractivity contribution in [2.75, 3.05) is 13.1 Å². The van der Waals surface area contributed by atoms with Gasteiger partial charge in [0.25, 0.3) is 5.91 Å². The van der Waals surface area contributed by atoms with E-state index in [0.717, 1.165) is 24.3 Å². The zero-order valence-corrected chi connectivity index (χ0v) is 18.1. The summed E-state index contributed by atoms with van der Waals surface area (Å²) in [6.45, 7) is 3.42. The van der Waals surface area contributed by atoms with Crippen molar-refractivity contribution in [3.8, 4) is 5.75 Å². The number of amides is 2. The van der Waals surface area contributed by atoms with Crippen molar-refractivity contribution < 1.29 is 46.2 Å². The standard InChI is InChI=1S/C22H19F5N2O5/c1-9-4-5-10-11(8-9)19(31)29(18(10)30)7-6-28-20(32)22(2,3)21(33)34-17-15(26)13(24)12(23)14(25)16(17)27/h4-5,8,19,31H,6-7H2,1-3H3,(H,28,32). The topological polar surface area (TPSA) is 95.9 Å². The normalized spacial score (nSPS) is 15.4. The summed E-state index contributed by atoms with van der Waals surface area (Å²) in [6.07, 6.45) is -1.24. The average molecular weight is 486 g/mol. The van der Waals surface area contributed by atoms with Gasteiger partial charge in [0.2, 0.25) is 40.7 Å². The number of carbonyl (C=O) groups is 3. The predicted molar refractivity (Wildman–Crippen MR) is 106 cm³/mol. The summed E-state index contributed by atoms with van der Waals surface area (Å²) in [4.78, 5) is 38.4. The van der Waals surface area contributed by atoms with Crippen LogP contribution in [0.25, 0.3) is 0 Å². The van der Waals surface area contributed by atoms with E-state index in [1.54, 1.807) is 25.1 Å². The Labute approximate surface area is 190 Å². The minimum absolute atomic E-state index is 0.151. The average Bonchev–Trinajstić information content (AvgIpc) is 3.02. The SMILES string of the molecule is Cc1ccc2c(c1)C(O)N(CCNC(=O)C(C)(C)C(=O)Oc1c(F)c(F)c(F)c(F)c1F)C2=O. The predicted octanol–water partition coefficient (Wildman–Crippen LogP) is 2.89. The van der Waals surface area contributed by atoms with E-state index in [1.807, 2.05) is 0 Å². The number of hydrogen-bond donors (Lipinski definition) is 2. The van der Waals surface area contributed by atoms with Crippen LogP contribution in [0.5, 0.6) is 5.75 Å². The Bertz CT molecular complexity index is 1170. The number of nitrogens with zero attached hydrogens (tertiary/aromatic N) is 1. The lowest BCUT2D eigenvalue weighted by Gasteiger charge is -2.24. The minimum Gasteiger partial charge on any atom is -0.419 e. The van der Waals surface area contributed by atoms with E-state index < -0.39 is 64.3 Å². The maximum absolute atomic E-state index is 13.8. The third-order valence-corrected chi connectivity index (χ3v) is 5.35. The number of hydrogen-bond acceptors (Lipinski definition) is 5. The van der Waals surface area contributed by atoms with Crippen LogP contribution < -0.4 is 10.1 Å². The van der Waals surface area contributed by atoms with Gasteiger partial charge < -0.3 is 20.1 Å². The van der Waals surface area contributed by atoms with Gasteiger partial charge in [0, 0.05) is 24.2 Å². The third-order valence-electron chi connectivity index (χ3n) is 5.35. The van der Waals surface area contributed by atoms with Crippen LogP contribution >= 0.6 is 0 Å². The molecule has 1 atom stereocenters. The van der Waals surface area contributed by atoms with Crippen molar-refractivity contribution in [2.45, 2.75) is 27.0 Å². The Morgan fingerprint density at radius 3 is 2.21 bits per heavy atom. The van der Waals surface area contributed by atoms with Gasteiger partial charge in [-0.1, -0.05) is 17.7 Å². The molecule has 1 aliphatic heterocycles. The lowest BCUT2D eigenvalue weighted by atomic mass is 9.92. The molecule has 3 rings (SSSR count). The molecule has 2 N–H and O–H groups in total. The molecule has 0 spiro atoms. The summed E-state index contributed by atoms with van der Waals surface area (Å²) >= 11 is 0. The Hall–Kier alpha value is -3.54. The van der Waals surface area contributed by atoms with Gasteiger partial charge in [0.1, 0.15) is 5.41 Å². The third kappa shape index (κ3) is 4.20. The van der Waals surface area contributed by atoms with Crippen molar-refractivity contribution in [3.63, 3.8) is 0 Å². The van der Waals surface area contributed by atoms with Crippen molar-refractivity contribution in [1.29, 1.82) is 0 Å². The van der Waals surface area contributed by atoms with E-state index in [4.69, 9.17) is 0 Å². The fourth-order valence-electron chi connectivity index (χ4n) is 3.25. The first kappa shape index (κ1) is 25.1. The number of aliphatic hydroxyl groups is 1. The zero-order valence-electron chi connectivity index (χ0n) is 18.1. The molecular formula is C22H19F5N2O5. The fraction of sp³-hybridized carbons (Fsp3) is 0.318. The van der Waals surface area contributed by atoms with Crippen LogP contribution in [0.3, 0.4) is 0 Å². The highest BCUT2D eigenvalue weighted by molar-refractivity contribution is 6.02. The molecule has 0 fully saturated rings. The number of aryl methyl sites for hydroxylation is 1. The summed E-state index contributed by atoms with van der Waals surface area (Å²) in [5, 5.41) is 12.7. The van der Waals surface area contributed by atoms with E-state index >= 15 is 0 Å². The van der Waals surface area contributed by atoms with Crippen LogP contribution in [0.15, 0.2) is 18.2 Å². The molecule has 2 amide bonds. The molecule has 0 radical (unpaired) electrons. The summed E-state index contributed by atoms with van der Waals surface area (Å²) in [5.74, 6) is -16.7. The van der Waals surface area contributed by atoms with E-state index in [1.165, 1.54) is 0 Å². The van der Waals surface area contributed by atoms with Gasteiger partial charge in [-0.25, -0.2) is 13.2 Å². The summed E-state index contributed by atoms with van der Waals surface area (Å²) < 4.78 is 71.7. The Morgan fingerprint density at radius 2 is 1.62 bits per heavy atom. The maximum atomic E-state index is 13.8. The van der Waals surface area contributed by atoms with E-state index in [-0.39, 0.29) is 13.1 Å². The second-order valence-electron chi connectivity index (χ2n) is 8.13. The van der Waals surface area contributed by atoms with Gasteiger partial charge in [-0.2, -0.15) is 8.78 Å². The molecule has 2 aromatic rings. The Balaban J connectivity index is 1.65. The molecule has 34 heavy (non-hydrogen) atoms. The van der Waals surface area contributed by atoms with E-state index in [9.17, 15) is 41.4 Å². The van der Waals surface area contributed by atoms with Gasteiger partial charge in [-0.15, -0.1) is 0 Å². The quantitative estimate of drug-likeness (QED) is 0.164. The zero-order chi connectivity index (χ0) is 25.5. The first-order valence-corrected chi connectivity index (χ1v) is 9.90. The van der Waals surface area contributed by atoms with Crippen molar-refractivity contribution >= 4 is 17.8 Å². The number of rotatable bonds is 6. The van der Waals surface area contributed by atoms with Crippen molar-refractivity contribution in [3.05, 3.63) is 64.0 Å². The number of benzene rings is 2. The molecule has 2 aromatic carbocycles. The van der Waals surface area contributed by atoms with Crippen LogP contribution in [0.2, 0.25) is 0 Å². The monoisotopic (exact) mass is 486 g/mol. The van der Waals surface area contributed by atoms with E-state index in [0.29, 0.717) is 11.1 Å². The molecular weight excluding hydrogens is 467 g/mol. The highest BCUT2D eigenvalue weighted by Gasteiger charge is 2.41. The first-order chi connectivity index (χ1) is 15.8. The van der Waals surface area contributed by atoms with Crippen LogP contribution in [-0.4, -0.2) is 40.9 Å². The summed E-state index contributed by atoms with van der Waals surface area (Å²) in [6, 6.07) is 4.91. The highest BCUT2D eigenvalue weighted by Crippen LogP contribution is 2.33. The van der Waals surface area contributed by atoms with Crippen LogP contribution in [0.1, 0.15) is 41.6 Å². The summed E-state index contributed by atoms with van der Waals surface area (Å²) in [7, 11) is 0. The van der Waals surface area contributed by atoms with Crippen LogP contribution in [-0.2, 0) is 9.59 Å². The van der Waals surface area contributed by atoms with Crippen LogP contribution in [0, 0.1) is 41.4 Å².